The van der Waals surface area contributed by atoms with Crippen molar-refractivity contribution in [2.75, 3.05) is 0 Å². The van der Waals surface area contributed by atoms with Gasteiger partial charge in [0.1, 0.15) is 0 Å². The molecule has 0 aromatic heterocycles. The zero-order valence-corrected chi connectivity index (χ0v) is 30.0. The minimum atomic E-state index is -4.23. The molecule has 0 unspecified atom stereocenters. The minimum absolute atomic E-state index is 0.0182. The SMILES string of the molecule is Cc1ccc(P(Oc2c(Cc3ccc(O)cc3O)cc(C)cc2Cc2ccc(O)cc2O)(c2ccccc2)(c2ccccc2)c2ccccc2)cc1. The topological polar surface area (TPSA) is 90.2 Å². The average Bonchev–Trinajstić information content (AvgIpc) is 3.15. The Kier molecular flexibility index (Phi) is 9.23. The van der Waals surface area contributed by atoms with Crippen LogP contribution in [0.3, 0.4) is 0 Å². The molecule has 0 aliphatic carbocycles. The molecule has 0 atom stereocenters. The number of aromatic hydroxyl groups is 4. The van der Waals surface area contributed by atoms with E-state index >= 15 is 0 Å². The Balaban J connectivity index is 1.64. The van der Waals surface area contributed by atoms with E-state index in [4.69, 9.17) is 4.52 Å². The Morgan fingerprint density at radius 1 is 0.404 bits per heavy atom. The van der Waals surface area contributed by atoms with Crippen LogP contribution in [0.15, 0.2) is 164 Å². The van der Waals surface area contributed by atoms with Gasteiger partial charge in [-0.1, -0.05) is 0 Å². The van der Waals surface area contributed by atoms with Crippen LogP contribution in [0.4, 0.5) is 0 Å². The van der Waals surface area contributed by atoms with Crippen molar-refractivity contribution in [1.29, 1.82) is 0 Å². The number of rotatable bonds is 10. The fourth-order valence-electron chi connectivity index (χ4n) is 7.38. The summed E-state index contributed by atoms with van der Waals surface area (Å²) in [5.74, 6) is 0.546. The van der Waals surface area contributed by atoms with Crippen LogP contribution in [0.25, 0.3) is 0 Å². The predicted octanol–water partition coefficient (Wildman–Crippen LogP) is 8.46. The molecular weight excluding hydrogens is 663 g/mol. The molecule has 4 N–H and O–H groups in total. The summed E-state index contributed by atoms with van der Waals surface area (Å²) in [6.45, 7) is -0.124. The average molecular weight is 705 g/mol. The van der Waals surface area contributed by atoms with Gasteiger partial charge in [-0.2, -0.15) is 0 Å². The van der Waals surface area contributed by atoms with Crippen LogP contribution in [0.1, 0.15) is 33.4 Å². The molecule has 6 heteroatoms. The molecule has 0 bridgehead atoms. The third-order valence-corrected chi connectivity index (χ3v) is 15.5. The molecule has 0 fully saturated rings. The molecule has 5 nitrogen and oxygen atoms in total. The Bertz CT molecular complexity index is 2170. The first-order chi connectivity index (χ1) is 25.2. The molecule has 0 spiro atoms. The van der Waals surface area contributed by atoms with Gasteiger partial charge in [0, 0.05) is 0 Å². The standard InChI is InChI=1S/C46H41O5P/c1-32-18-24-43(25-19-32)52(40-12-6-3-7-13-40,41-14-8-4-9-15-41,42-16-10-5-11-17-42)51-46-36(28-34-20-22-38(47)30-44(34)49)26-33(2)27-37(46)29-35-21-23-39(48)31-45(35)50/h3-27,30-31,47-50H,28-29H2,1-2H3. The van der Waals surface area contributed by atoms with Crippen molar-refractivity contribution in [2.45, 2.75) is 26.7 Å². The van der Waals surface area contributed by atoms with E-state index in [1.165, 1.54) is 12.1 Å². The van der Waals surface area contributed by atoms with Crippen LogP contribution < -0.4 is 25.7 Å². The zero-order chi connectivity index (χ0) is 36.3. The van der Waals surface area contributed by atoms with Crippen molar-refractivity contribution in [1.82, 2.24) is 0 Å². The molecule has 0 aliphatic heterocycles. The molecule has 0 saturated carbocycles. The molecule has 0 aliphatic rings. The number of hydrogen-bond acceptors (Lipinski definition) is 5. The monoisotopic (exact) mass is 704 g/mol. The van der Waals surface area contributed by atoms with E-state index in [-0.39, 0.29) is 23.0 Å². The first kappa shape index (κ1) is 34.4. The number of phenolic OH excluding ortho intramolecular Hbond substituents is 4. The van der Waals surface area contributed by atoms with Crippen LogP contribution in [-0.2, 0) is 12.8 Å². The van der Waals surface area contributed by atoms with Crippen LogP contribution in [0, 0.1) is 13.8 Å². The van der Waals surface area contributed by atoms with Crippen LogP contribution in [-0.4, -0.2) is 20.4 Å². The summed E-state index contributed by atoms with van der Waals surface area (Å²) in [5, 5.41) is 46.4. The maximum absolute atomic E-state index is 11.1. The first-order valence-electron chi connectivity index (χ1n) is 17.3. The van der Waals surface area contributed by atoms with Crippen molar-refractivity contribution in [2.24, 2.45) is 0 Å². The first-order valence-corrected chi connectivity index (χ1v) is 19.4. The maximum atomic E-state index is 11.1. The van der Waals surface area contributed by atoms with E-state index in [2.05, 4.69) is 116 Å². The summed E-state index contributed by atoms with van der Waals surface area (Å²) in [6, 6.07) is 53.4. The molecule has 7 rings (SSSR count). The van der Waals surface area contributed by atoms with Gasteiger partial charge in [0.15, 0.2) is 0 Å². The number of phenols is 4. The van der Waals surface area contributed by atoms with E-state index in [1.807, 2.05) is 25.1 Å². The summed E-state index contributed by atoms with van der Waals surface area (Å²) in [7, 11) is 0. The van der Waals surface area contributed by atoms with Crippen molar-refractivity contribution < 1.29 is 24.9 Å². The summed E-state index contributed by atoms with van der Waals surface area (Å²) in [4.78, 5) is 0. The van der Waals surface area contributed by atoms with E-state index in [0.29, 0.717) is 29.7 Å². The summed E-state index contributed by atoms with van der Waals surface area (Å²) < 4.78 is 8.23. The van der Waals surface area contributed by atoms with Crippen LogP contribution in [0.5, 0.6) is 28.7 Å². The molecule has 52 heavy (non-hydrogen) atoms. The normalized spacial score (nSPS) is 12.2. The molecule has 7 aromatic rings. The molecule has 260 valence electrons. The third-order valence-electron chi connectivity index (χ3n) is 9.83. The molecule has 0 heterocycles. The van der Waals surface area contributed by atoms with Crippen molar-refractivity contribution >= 4 is 28.0 Å². The van der Waals surface area contributed by atoms with Gasteiger partial charge in [-0.15, -0.1) is 0 Å². The summed E-state index contributed by atoms with van der Waals surface area (Å²) in [6.07, 6.45) is 0.604. The second-order valence-electron chi connectivity index (χ2n) is 13.4. The van der Waals surface area contributed by atoms with Gasteiger partial charge in [-0.05, 0) is 0 Å². The van der Waals surface area contributed by atoms with Gasteiger partial charge in [0.05, 0.1) is 0 Å². The van der Waals surface area contributed by atoms with Gasteiger partial charge in [0.25, 0.3) is 0 Å². The predicted molar refractivity (Wildman–Crippen MR) is 213 cm³/mol. The quantitative estimate of drug-likeness (QED) is 0.107. The van der Waals surface area contributed by atoms with Crippen molar-refractivity contribution in [3.05, 3.63) is 197 Å². The van der Waals surface area contributed by atoms with Crippen molar-refractivity contribution in [3.8, 4) is 28.7 Å². The molecule has 0 radical (unpaired) electrons. The Hall–Kier alpha value is -6.03. The van der Waals surface area contributed by atoms with E-state index in [1.54, 1.807) is 24.3 Å². The molecular formula is C46H41O5P. The number of benzene rings is 7. The summed E-state index contributed by atoms with van der Waals surface area (Å²) >= 11 is 0. The zero-order valence-electron chi connectivity index (χ0n) is 29.1. The van der Waals surface area contributed by atoms with E-state index < -0.39 is 6.83 Å². The molecule has 0 saturated heterocycles. The third kappa shape index (κ3) is 6.04. The van der Waals surface area contributed by atoms with Gasteiger partial charge >= 0.3 is 306 Å². The second kappa shape index (κ2) is 13.9. The number of hydrogen-bond donors (Lipinski definition) is 4. The van der Waals surface area contributed by atoms with Crippen LogP contribution in [0.2, 0.25) is 0 Å². The van der Waals surface area contributed by atoms with Crippen molar-refractivity contribution in [3.63, 3.8) is 0 Å². The fourth-order valence-corrected chi connectivity index (χ4v) is 13.1. The van der Waals surface area contributed by atoms with E-state index in [0.717, 1.165) is 43.5 Å². The Labute approximate surface area is 304 Å². The van der Waals surface area contributed by atoms with Gasteiger partial charge in [-0.3, -0.25) is 0 Å². The Morgan fingerprint density at radius 3 is 1.17 bits per heavy atom. The molecule has 0 amide bonds. The van der Waals surface area contributed by atoms with Gasteiger partial charge in [-0.25, -0.2) is 0 Å². The summed E-state index contributed by atoms with van der Waals surface area (Å²) in [5.41, 5.74) is 5.01. The molecule has 7 aromatic carbocycles. The second-order valence-corrected chi connectivity index (χ2v) is 17.7. The number of aryl methyl sites for hydroxylation is 2. The van der Waals surface area contributed by atoms with Gasteiger partial charge in [0.2, 0.25) is 0 Å². The Morgan fingerprint density at radius 2 is 0.788 bits per heavy atom. The van der Waals surface area contributed by atoms with E-state index in [9.17, 15) is 20.4 Å². The fraction of sp³-hybridized carbons (Fsp3) is 0.0870. The van der Waals surface area contributed by atoms with Gasteiger partial charge < -0.3 is 0 Å². The van der Waals surface area contributed by atoms with Crippen LogP contribution >= 0.6 is 6.83 Å².